The van der Waals surface area contributed by atoms with Crippen LogP contribution in [0.15, 0.2) is 23.9 Å². The Labute approximate surface area is 79.7 Å². The molecule has 13 heavy (non-hydrogen) atoms. The average Bonchev–Trinajstić information content (AvgIpc) is 2.04. The Morgan fingerprint density at radius 3 is 2.54 bits per heavy atom. The summed E-state index contributed by atoms with van der Waals surface area (Å²) in [5.74, 6) is 0.0917. The van der Waals surface area contributed by atoms with Gasteiger partial charge in [0, 0.05) is 17.5 Å². The summed E-state index contributed by atoms with van der Waals surface area (Å²) < 4.78 is 0. The molecule has 2 nitrogen and oxygen atoms in total. The molecule has 1 aliphatic rings. The van der Waals surface area contributed by atoms with E-state index in [-0.39, 0.29) is 11.3 Å². The molecule has 72 valence electrons. The molecule has 2 heteroatoms. The van der Waals surface area contributed by atoms with Gasteiger partial charge in [0.15, 0.2) is 0 Å². The van der Waals surface area contributed by atoms with Gasteiger partial charge in [-0.25, -0.2) is 0 Å². The number of allylic oxidation sites excluding steroid dienone is 3. The highest BCUT2D eigenvalue weighted by atomic mass is 16.2. The lowest BCUT2D eigenvalue weighted by molar-refractivity contribution is -0.127. The molecule has 1 rings (SSSR count). The summed E-state index contributed by atoms with van der Waals surface area (Å²) in [7, 11) is 0. The molecule has 1 N–H and O–H groups in total. The molecule has 0 saturated heterocycles. The standard InChI is InChI=1S/C11H17NO/c1-11(2,3)10(13)12-9-7-5-4-6-8-9/h4-5,8H,6-7H2,1-3H3,(H,12,13). The van der Waals surface area contributed by atoms with Crippen molar-refractivity contribution in [2.45, 2.75) is 33.6 Å². The molecule has 0 bridgehead atoms. The number of carbonyl (C=O) groups excluding carboxylic acids is 1. The van der Waals surface area contributed by atoms with Crippen LogP contribution in [0.1, 0.15) is 33.6 Å². The number of carbonyl (C=O) groups is 1. The fraction of sp³-hybridized carbons (Fsp3) is 0.545. The van der Waals surface area contributed by atoms with Crippen LogP contribution in [-0.4, -0.2) is 5.91 Å². The van der Waals surface area contributed by atoms with Crippen molar-refractivity contribution in [1.82, 2.24) is 5.32 Å². The lowest BCUT2D eigenvalue weighted by Crippen LogP contribution is -2.34. The largest absolute Gasteiger partial charge is 0.329 e. The van der Waals surface area contributed by atoms with Gasteiger partial charge in [-0.15, -0.1) is 0 Å². The van der Waals surface area contributed by atoms with Gasteiger partial charge in [0.05, 0.1) is 0 Å². The fourth-order valence-electron chi connectivity index (χ4n) is 1.04. The van der Waals surface area contributed by atoms with Gasteiger partial charge in [-0.2, -0.15) is 0 Å². The summed E-state index contributed by atoms with van der Waals surface area (Å²) in [5.41, 5.74) is 0.726. The highest BCUT2D eigenvalue weighted by Gasteiger charge is 2.21. The van der Waals surface area contributed by atoms with E-state index in [9.17, 15) is 4.79 Å². The van der Waals surface area contributed by atoms with Gasteiger partial charge < -0.3 is 5.32 Å². The highest BCUT2D eigenvalue weighted by molar-refractivity contribution is 5.82. The second-order valence-corrected chi connectivity index (χ2v) is 4.34. The Balaban J connectivity index is 2.50. The molecule has 0 heterocycles. The van der Waals surface area contributed by atoms with Crippen molar-refractivity contribution in [3.63, 3.8) is 0 Å². The van der Waals surface area contributed by atoms with Crippen molar-refractivity contribution in [1.29, 1.82) is 0 Å². The monoisotopic (exact) mass is 179 g/mol. The lowest BCUT2D eigenvalue weighted by Gasteiger charge is -2.19. The summed E-state index contributed by atoms with van der Waals surface area (Å²) in [6.45, 7) is 5.75. The van der Waals surface area contributed by atoms with Gasteiger partial charge in [-0.05, 0) is 6.42 Å². The third-order valence-corrected chi connectivity index (χ3v) is 1.96. The van der Waals surface area contributed by atoms with Crippen LogP contribution in [0, 0.1) is 5.41 Å². The van der Waals surface area contributed by atoms with Gasteiger partial charge >= 0.3 is 0 Å². The third kappa shape index (κ3) is 3.05. The minimum absolute atomic E-state index is 0.0917. The maximum absolute atomic E-state index is 11.6. The van der Waals surface area contributed by atoms with Crippen molar-refractivity contribution >= 4 is 5.91 Å². The first-order valence-corrected chi connectivity index (χ1v) is 4.65. The summed E-state index contributed by atoms with van der Waals surface area (Å²) >= 11 is 0. The topological polar surface area (TPSA) is 29.1 Å². The van der Waals surface area contributed by atoms with E-state index in [1.165, 1.54) is 0 Å². The Morgan fingerprint density at radius 2 is 2.08 bits per heavy atom. The van der Waals surface area contributed by atoms with Crippen molar-refractivity contribution < 1.29 is 4.79 Å². The highest BCUT2D eigenvalue weighted by Crippen LogP contribution is 2.15. The number of hydrogen-bond donors (Lipinski definition) is 1. The molecule has 1 amide bonds. The van der Waals surface area contributed by atoms with Crippen LogP contribution >= 0.6 is 0 Å². The van der Waals surface area contributed by atoms with Gasteiger partial charge in [0.2, 0.25) is 5.91 Å². The van der Waals surface area contributed by atoms with E-state index in [0.29, 0.717) is 0 Å². The minimum Gasteiger partial charge on any atom is -0.329 e. The van der Waals surface area contributed by atoms with Crippen molar-refractivity contribution in [2.24, 2.45) is 5.41 Å². The number of nitrogens with one attached hydrogen (secondary N) is 1. The quantitative estimate of drug-likeness (QED) is 0.615. The summed E-state index contributed by atoms with van der Waals surface area (Å²) in [6, 6.07) is 0. The number of rotatable bonds is 1. The lowest BCUT2D eigenvalue weighted by atomic mass is 9.95. The van der Waals surface area contributed by atoms with E-state index >= 15 is 0 Å². The Morgan fingerprint density at radius 1 is 1.38 bits per heavy atom. The Hall–Kier alpha value is -1.05. The number of amides is 1. The molecule has 0 atom stereocenters. The molecule has 0 saturated carbocycles. The second kappa shape index (κ2) is 3.77. The Bertz CT molecular complexity index is 256. The number of hydrogen-bond acceptors (Lipinski definition) is 1. The summed E-state index contributed by atoms with van der Waals surface area (Å²) in [5, 5.41) is 2.93. The predicted octanol–water partition coefficient (Wildman–Crippen LogP) is 2.38. The van der Waals surface area contributed by atoms with Crippen LogP contribution in [0.25, 0.3) is 0 Å². The first kappa shape index (κ1) is 10.0. The van der Waals surface area contributed by atoms with Crippen LogP contribution in [0.3, 0.4) is 0 Å². The van der Waals surface area contributed by atoms with Gasteiger partial charge in [-0.3, -0.25) is 4.79 Å². The van der Waals surface area contributed by atoms with Crippen molar-refractivity contribution in [3.8, 4) is 0 Å². The summed E-state index contributed by atoms with van der Waals surface area (Å²) in [4.78, 5) is 11.6. The van der Waals surface area contributed by atoms with E-state index in [1.54, 1.807) is 0 Å². The van der Waals surface area contributed by atoms with Gasteiger partial charge in [0.1, 0.15) is 0 Å². The maximum atomic E-state index is 11.6. The van der Waals surface area contributed by atoms with E-state index in [1.807, 2.05) is 20.8 Å². The van der Waals surface area contributed by atoms with Crippen LogP contribution in [0.5, 0.6) is 0 Å². The minimum atomic E-state index is -0.304. The zero-order valence-electron chi connectivity index (χ0n) is 8.55. The Kier molecular flexibility index (Phi) is 2.91. The first-order valence-electron chi connectivity index (χ1n) is 4.65. The van der Waals surface area contributed by atoms with Crippen LogP contribution in [0.2, 0.25) is 0 Å². The molecule has 0 unspecified atom stereocenters. The molecular formula is C11H17NO. The normalized spacial score (nSPS) is 16.7. The van der Waals surface area contributed by atoms with Gasteiger partial charge in [0.25, 0.3) is 0 Å². The predicted molar refractivity (Wildman–Crippen MR) is 54.1 cm³/mol. The van der Waals surface area contributed by atoms with Gasteiger partial charge in [-0.1, -0.05) is 39.0 Å². The van der Waals surface area contributed by atoms with E-state index < -0.39 is 0 Å². The molecule has 0 aliphatic heterocycles. The van der Waals surface area contributed by atoms with E-state index in [0.717, 1.165) is 18.5 Å². The second-order valence-electron chi connectivity index (χ2n) is 4.34. The fourth-order valence-corrected chi connectivity index (χ4v) is 1.04. The van der Waals surface area contributed by atoms with Crippen molar-refractivity contribution in [2.75, 3.05) is 0 Å². The zero-order chi connectivity index (χ0) is 9.90. The SMILES string of the molecule is CC(C)(C)C(=O)NC1=CCC=CC1. The van der Waals surface area contributed by atoms with Crippen LogP contribution in [0.4, 0.5) is 0 Å². The molecule has 0 aromatic heterocycles. The molecular weight excluding hydrogens is 162 g/mol. The molecule has 0 aromatic rings. The van der Waals surface area contributed by atoms with E-state index in [4.69, 9.17) is 0 Å². The molecule has 0 fully saturated rings. The smallest absolute Gasteiger partial charge is 0.229 e. The van der Waals surface area contributed by atoms with Crippen LogP contribution in [-0.2, 0) is 4.79 Å². The van der Waals surface area contributed by atoms with Crippen molar-refractivity contribution in [3.05, 3.63) is 23.9 Å². The molecule has 0 radical (unpaired) electrons. The first-order chi connectivity index (χ1) is 6.00. The molecule has 1 aliphatic carbocycles. The summed E-state index contributed by atoms with van der Waals surface area (Å²) in [6.07, 6.45) is 8.02. The zero-order valence-corrected chi connectivity index (χ0v) is 8.55. The van der Waals surface area contributed by atoms with Crippen LogP contribution < -0.4 is 5.32 Å². The molecule has 0 spiro atoms. The average molecular weight is 179 g/mol. The van der Waals surface area contributed by atoms with E-state index in [2.05, 4.69) is 23.5 Å². The third-order valence-electron chi connectivity index (χ3n) is 1.96. The molecule has 0 aromatic carbocycles. The maximum Gasteiger partial charge on any atom is 0.229 e.